The zero-order valence-electron chi connectivity index (χ0n) is 13.5. The van der Waals surface area contributed by atoms with Crippen LogP contribution in [0.4, 0.5) is 0 Å². The van der Waals surface area contributed by atoms with Crippen molar-refractivity contribution in [2.75, 3.05) is 39.4 Å². The lowest BCUT2D eigenvalue weighted by atomic mass is 10.1. The summed E-state index contributed by atoms with van der Waals surface area (Å²) in [5.41, 5.74) is 0. The number of amides is 1. The van der Waals surface area contributed by atoms with Crippen LogP contribution >= 0.6 is 0 Å². The van der Waals surface area contributed by atoms with Gasteiger partial charge in [-0.3, -0.25) is 9.69 Å². The van der Waals surface area contributed by atoms with Gasteiger partial charge in [0.2, 0.25) is 5.91 Å². The third-order valence-electron chi connectivity index (χ3n) is 4.47. The second-order valence-electron chi connectivity index (χ2n) is 6.21. The summed E-state index contributed by atoms with van der Waals surface area (Å²) in [7, 11) is 0. The van der Waals surface area contributed by atoms with Crippen molar-refractivity contribution in [3.8, 4) is 0 Å². The van der Waals surface area contributed by atoms with Gasteiger partial charge in [0.05, 0.1) is 31.4 Å². The summed E-state index contributed by atoms with van der Waals surface area (Å²) in [4.78, 5) is 14.5. The molecule has 128 valence electrons. The Bertz CT molecular complexity index is 527. The number of carbonyl (C=O) groups is 1. The van der Waals surface area contributed by atoms with Gasteiger partial charge in [-0.15, -0.1) is 0 Å². The van der Waals surface area contributed by atoms with E-state index in [9.17, 15) is 9.90 Å². The van der Waals surface area contributed by atoms with Gasteiger partial charge in [0.25, 0.3) is 0 Å². The first-order valence-corrected chi connectivity index (χ1v) is 8.21. The molecule has 0 radical (unpaired) electrons. The fourth-order valence-corrected chi connectivity index (χ4v) is 3.17. The zero-order valence-corrected chi connectivity index (χ0v) is 13.5. The number of hydrogen-bond donors (Lipinski definition) is 3. The highest BCUT2D eigenvalue weighted by molar-refractivity contribution is 5.82. The third kappa shape index (κ3) is 4.11. The molecule has 3 rings (SSSR count). The number of aryl methyl sites for hydroxylation is 1. The first-order chi connectivity index (χ1) is 11.1. The van der Waals surface area contributed by atoms with Crippen molar-refractivity contribution < 1.29 is 19.1 Å². The van der Waals surface area contributed by atoms with Gasteiger partial charge in [-0.05, 0) is 25.5 Å². The van der Waals surface area contributed by atoms with Gasteiger partial charge >= 0.3 is 0 Å². The average molecular weight is 323 g/mol. The number of hydrogen-bond acceptors (Lipinski definition) is 6. The quantitative estimate of drug-likeness (QED) is 0.696. The van der Waals surface area contributed by atoms with Crippen molar-refractivity contribution in [2.24, 2.45) is 0 Å². The Labute approximate surface area is 136 Å². The second kappa shape index (κ2) is 7.44. The number of ether oxygens (including phenoxy) is 1. The summed E-state index contributed by atoms with van der Waals surface area (Å²) in [6, 6.07) is 3.61. The fourth-order valence-electron chi connectivity index (χ4n) is 3.17. The van der Waals surface area contributed by atoms with E-state index in [-0.39, 0.29) is 18.0 Å². The molecule has 2 aliphatic rings. The third-order valence-corrected chi connectivity index (χ3v) is 4.47. The molecule has 0 spiro atoms. The minimum atomic E-state index is -0.437. The molecule has 3 heterocycles. The minimum Gasteiger partial charge on any atom is -0.465 e. The highest BCUT2D eigenvalue weighted by Crippen LogP contribution is 2.23. The predicted octanol–water partition coefficient (Wildman–Crippen LogP) is -0.200. The molecule has 2 aliphatic heterocycles. The standard InChI is InChI=1S/C16H25N3O4/c1-11-2-3-15(23-11)14(19-4-6-22-7-5-19)10-18-16(21)13-8-12(20)9-17-13/h2-3,12-14,17,20H,4-10H2,1H3,(H,18,21)/t12-,13-,14+/m1/s1. The van der Waals surface area contributed by atoms with Gasteiger partial charge in [0.1, 0.15) is 11.5 Å². The minimum absolute atomic E-state index is 0.00266. The summed E-state index contributed by atoms with van der Waals surface area (Å²) in [5.74, 6) is 1.66. The summed E-state index contributed by atoms with van der Waals surface area (Å²) in [5, 5.41) is 15.6. The number of β-amino-alcohol motifs (C(OH)–C–C–N with tert-alkyl or cyclic N) is 1. The number of aliphatic hydroxyl groups is 1. The molecular weight excluding hydrogens is 298 g/mol. The smallest absolute Gasteiger partial charge is 0.237 e. The largest absolute Gasteiger partial charge is 0.465 e. The molecule has 1 aromatic heterocycles. The predicted molar refractivity (Wildman–Crippen MR) is 84.0 cm³/mol. The fraction of sp³-hybridized carbons (Fsp3) is 0.688. The van der Waals surface area contributed by atoms with Crippen LogP contribution in [-0.4, -0.2) is 67.5 Å². The molecule has 0 unspecified atom stereocenters. The van der Waals surface area contributed by atoms with Crippen LogP contribution in [-0.2, 0) is 9.53 Å². The summed E-state index contributed by atoms with van der Waals surface area (Å²) < 4.78 is 11.2. The maximum Gasteiger partial charge on any atom is 0.237 e. The Hall–Kier alpha value is -1.41. The van der Waals surface area contributed by atoms with E-state index in [1.807, 2.05) is 19.1 Å². The van der Waals surface area contributed by atoms with Crippen LogP contribution in [0.5, 0.6) is 0 Å². The molecule has 2 fully saturated rings. The van der Waals surface area contributed by atoms with Gasteiger partial charge in [-0.2, -0.15) is 0 Å². The Morgan fingerprint density at radius 2 is 2.26 bits per heavy atom. The normalized spacial score (nSPS) is 27.0. The SMILES string of the molecule is Cc1ccc([C@H](CNC(=O)[C@H]2C[C@@H](O)CN2)N2CCOCC2)o1. The topological polar surface area (TPSA) is 87.0 Å². The number of nitrogens with zero attached hydrogens (tertiary/aromatic N) is 1. The van der Waals surface area contributed by atoms with E-state index in [1.54, 1.807) is 0 Å². The first kappa shape index (κ1) is 16.4. The molecule has 23 heavy (non-hydrogen) atoms. The van der Waals surface area contributed by atoms with E-state index >= 15 is 0 Å². The van der Waals surface area contributed by atoms with Crippen LogP contribution < -0.4 is 10.6 Å². The molecule has 3 N–H and O–H groups in total. The van der Waals surface area contributed by atoms with E-state index in [2.05, 4.69) is 15.5 Å². The van der Waals surface area contributed by atoms with Crippen LogP contribution in [0.3, 0.4) is 0 Å². The van der Waals surface area contributed by atoms with Gasteiger partial charge < -0.3 is 24.9 Å². The molecule has 0 saturated carbocycles. The number of aliphatic hydroxyl groups excluding tert-OH is 1. The van der Waals surface area contributed by atoms with Crippen molar-refractivity contribution in [1.82, 2.24) is 15.5 Å². The van der Waals surface area contributed by atoms with Crippen LogP contribution in [0.15, 0.2) is 16.5 Å². The van der Waals surface area contributed by atoms with Crippen LogP contribution in [0.1, 0.15) is 24.0 Å². The lowest BCUT2D eigenvalue weighted by Crippen LogP contribution is -2.47. The number of morpholine rings is 1. The van der Waals surface area contributed by atoms with Crippen molar-refractivity contribution in [3.05, 3.63) is 23.7 Å². The van der Waals surface area contributed by atoms with Crippen LogP contribution in [0, 0.1) is 6.92 Å². The summed E-state index contributed by atoms with van der Waals surface area (Å²) >= 11 is 0. The lowest BCUT2D eigenvalue weighted by molar-refractivity contribution is -0.123. The molecular formula is C16H25N3O4. The number of rotatable bonds is 5. The van der Waals surface area contributed by atoms with E-state index in [0.29, 0.717) is 32.7 Å². The van der Waals surface area contributed by atoms with E-state index in [1.165, 1.54) is 0 Å². The first-order valence-electron chi connectivity index (χ1n) is 8.21. The van der Waals surface area contributed by atoms with Crippen molar-refractivity contribution in [2.45, 2.75) is 31.5 Å². The van der Waals surface area contributed by atoms with Gasteiger partial charge in [-0.25, -0.2) is 0 Å². The van der Waals surface area contributed by atoms with Crippen LogP contribution in [0.25, 0.3) is 0 Å². The molecule has 7 heteroatoms. The number of carbonyl (C=O) groups excluding carboxylic acids is 1. The molecule has 0 aliphatic carbocycles. The lowest BCUT2D eigenvalue weighted by Gasteiger charge is -2.33. The van der Waals surface area contributed by atoms with E-state index in [0.717, 1.165) is 24.6 Å². The Balaban J connectivity index is 1.62. The molecule has 2 saturated heterocycles. The Kier molecular flexibility index (Phi) is 5.32. The average Bonchev–Trinajstić information content (AvgIpc) is 3.17. The summed E-state index contributed by atoms with van der Waals surface area (Å²) in [6.45, 7) is 5.91. The second-order valence-corrected chi connectivity index (χ2v) is 6.21. The number of furan rings is 1. The molecule has 1 amide bonds. The molecule has 0 aromatic carbocycles. The van der Waals surface area contributed by atoms with Gasteiger partial charge in [0.15, 0.2) is 0 Å². The van der Waals surface area contributed by atoms with Crippen molar-refractivity contribution in [1.29, 1.82) is 0 Å². The van der Waals surface area contributed by atoms with E-state index in [4.69, 9.17) is 9.15 Å². The van der Waals surface area contributed by atoms with E-state index < -0.39 is 6.10 Å². The Morgan fingerprint density at radius 1 is 1.48 bits per heavy atom. The monoisotopic (exact) mass is 323 g/mol. The van der Waals surface area contributed by atoms with Gasteiger partial charge in [0, 0.05) is 26.2 Å². The summed E-state index contributed by atoms with van der Waals surface area (Å²) in [6.07, 6.45) is 0.0296. The molecule has 3 atom stereocenters. The zero-order chi connectivity index (χ0) is 16.2. The maximum absolute atomic E-state index is 12.3. The van der Waals surface area contributed by atoms with Gasteiger partial charge in [-0.1, -0.05) is 0 Å². The Morgan fingerprint density at radius 3 is 2.87 bits per heavy atom. The maximum atomic E-state index is 12.3. The molecule has 0 bridgehead atoms. The highest BCUT2D eigenvalue weighted by Gasteiger charge is 2.30. The number of nitrogens with one attached hydrogen (secondary N) is 2. The van der Waals surface area contributed by atoms with Crippen molar-refractivity contribution in [3.63, 3.8) is 0 Å². The highest BCUT2D eigenvalue weighted by atomic mass is 16.5. The molecule has 7 nitrogen and oxygen atoms in total. The molecule has 1 aromatic rings. The van der Waals surface area contributed by atoms with Crippen LogP contribution in [0.2, 0.25) is 0 Å². The van der Waals surface area contributed by atoms with Crippen molar-refractivity contribution >= 4 is 5.91 Å².